The summed E-state index contributed by atoms with van der Waals surface area (Å²) in [4.78, 5) is 15.7. The standard InChI is InChI=1S/C18H25N5O3/c1-24-10-8-19-16-5-7-20-17(22-16)15-13-26-11-9-23(15)12-14-4-3-6-21-18(14)25-2/h3-7,15H,8-13H2,1-2H3,(H,19,20,22). The molecule has 1 saturated heterocycles. The van der Waals surface area contributed by atoms with Gasteiger partial charge in [0, 0.05) is 44.7 Å². The maximum Gasteiger partial charge on any atom is 0.217 e. The van der Waals surface area contributed by atoms with Gasteiger partial charge in [0.2, 0.25) is 5.88 Å². The Bertz CT molecular complexity index is 700. The first kappa shape index (κ1) is 18.5. The molecule has 1 atom stereocenters. The molecule has 0 saturated carbocycles. The highest BCUT2D eigenvalue weighted by Gasteiger charge is 2.28. The smallest absolute Gasteiger partial charge is 0.217 e. The summed E-state index contributed by atoms with van der Waals surface area (Å²) in [5.41, 5.74) is 1.04. The van der Waals surface area contributed by atoms with Crippen LogP contribution in [0.1, 0.15) is 17.4 Å². The Morgan fingerprint density at radius 1 is 1.27 bits per heavy atom. The summed E-state index contributed by atoms with van der Waals surface area (Å²) in [5, 5.41) is 3.24. The van der Waals surface area contributed by atoms with Crippen molar-refractivity contribution in [2.75, 3.05) is 52.4 Å². The molecule has 0 aliphatic carbocycles. The van der Waals surface area contributed by atoms with Crippen molar-refractivity contribution in [1.82, 2.24) is 19.9 Å². The number of hydrogen-bond acceptors (Lipinski definition) is 8. The first-order chi connectivity index (χ1) is 12.8. The van der Waals surface area contributed by atoms with Crippen LogP contribution in [0.4, 0.5) is 5.82 Å². The van der Waals surface area contributed by atoms with Gasteiger partial charge < -0.3 is 19.5 Å². The summed E-state index contributed by atoms with van der Waals surface area (Å²) in [5.74, 6) is 2.18. The lowest BCUT2D eigenvalue weighted by atomic mass is 10.1. The number of nitrogens with one attached hydrogen (secondary N) is 1. The molecular weight excluding hydrogens is 334 g/mol. The molecular formula is C18H25N5O3. The van der Waals surface area contributed by atoms with Gasteiger partial charge in [0.15, 0.2) is 0 Å². The van der Waals surface area contributed by atoms with E-state index in [1.807, 2.05) is 18.2 Å². The fourth-order valence-electron chi connectivity index (χ4n) is 2.93. The average Bonchev–Trinajstić information content (AvgIpc) is 2.69. The van der Waals surface area contributed by atoms with E-state index < -0.39 is 0 Å². The van der Waals surface area contributed by atoms with Gasteiger partial charge in [-0.05, 0) is 12.1 Å². The van der Waals surface area contributed by atoms with Crippen molar-refractivity contribution in [3.63, 3.8) is 0 Å². The van der Waals surface area contributed by atoms with E-state index in [9.17, 15) is 0 Å². The lowest BCUT2D eigenvalue weighted by molar-refractivity contribution is -0.0162. The minimum absolute atomic E-state index is 0.0159. The van der Waals surface area contributed by atoms with Gasteiger partial charge in [-0.15, -0.1) is 0 Å². The van der Waals surface area contributed by atoms with Crippen molar-refractivity contribution < 1.29 is 14.2 Å². The van der Waals surface area contributed by atoms with Gasteiger partial charge >= 0.3 is 0 Å². The van der Waals surface area contributed by atoms with E-state index in [-0.39, 0.29) is 6.04 Å². The Hall–Kier alpha value is -2.29. The molecule has 0 spiro atoms. The Morgan fingerprint density at radius 2 is 2.19 bits per heavy atom. The number of rotatable bonds is 8. The number of nitrogens with zero attached hydrogens (tertiary/aromatic N) is 4. The first-order valence-corrected chi connectivity index (χ1v) is 8.67. The summed E-state index contributed by atoms with van der Waals surface area (Å²) in [6.45, 7) is 4.07. The fraction of sp³-hybridized carbons (Fsp3) is 0.500. The quantitative estimate of drug-likeness (QED) is 0.711. The van der Waals surface area contributed by atoms with Crippen LogP contribution >= 0.6 is 0 Å². The van der Waals surface area contributed by atoms with E-state index in [4.69, 9.17) is 14.2 Å². The van der Waals surface area contributed by atoms with Crippen LogP contribution in [0.25, 0.3) is 0 Å². The van der Waals surface area contributed by atoms with E-state index in [1.54, 1.807) is 26.6 Å². The predicted molar refractivity (Wildman–Crippen MR) is 97.2 cm³/mol. The Kier molecular flexibility index (Phi) is 6.70. The zero-order valence-electron chi connectivity index (χ0n) is 15.2. The van der Waals surface area contributed by atoms with Gasteiger partial charge in [-0.25, -0.2) is 15.0 Å². The summed E-state index contributed by atoms with van der Waals surface area (Å²) in [6, 6.07) is 5.79. The van der Waals surface area contributed by atoms with Crippen LogP contribution < -0.4 is 10.1 Å². The van der Waals surface area contributed by atoms with Crippen molar-refractivity contribution in [2.45, 2.75) is 12.6 Å². The highest BCUT2D eigenvalue weighted by Crippen LogP contribution is 2.26. The van der Waals surface area contributed by atoms with Gasteiger partial charge in [-0.3, -0.25) is 4.90 Å². The Labute approximate surface area is 153 Å². The SMILES string of the molecule is COCCNc1ccnc(C2COCCN2Cc2cccnc2OC)n1. The van der Waals surface area contributed by atoms with Crippen molar-refractivity contribution in [1.29, 1.82) is 0 Å². The predicted octanol–water partition coefficient (Wildman–Crippen LogP) is 1.51. The molecule has 2 aromatic heterocycles. The second-order valence-corrected chi connectivity index (χ2v) is 5.95. The van der Waals surface area contributed by atoms with Crippen LogP contribution in [-0.2, 0) is 16.0 Å². The Morgan fingerprint density at radius 3 is 3.04 bits per heavy atom. The third-order valence-electron chi connectivity index (χ3n) is 4.24. The van der Waals surface area contributed by atoms with Crippen LogP contribution in [-0.4, -0.2) is 67.0 Å². The van der Waals surface area contributed by atoms with E-state index in [1.165, 1.54) is 0 Å². The normalized spacial score (nSPS) is 17.8. The van der Waals surface area contributed by atoms with Gasteiger partial charge in [0.25, 0.3) is 0 Å². The summed E-state index contributed by atoms with van der Waals surface area (Å²) in [7, 11) is 3.32. The van der Waals surface area contributed by atoms with Gasteiger partial charge in [-0.1, -0.05) is 6.07 Å². The third kappa shape index (κ3) is 4.66. The molecule has 0 aromatic carbocycles. The molecule has 3 rings (SSSR count). The lowest BCUT2D eigenvalue weighted by Crippen LogP contribution is -2.40. The molecule has 1 aliphatic rings. The van der Waals surface area contributed by atoms with Crippen molar-refractivity contribution in [3.05, 3.63) is 42.0 Å². The summed E-state index contributed by atoms with van der Waals surface area (Å²) < 4.78 is 16.1. The number of hydrogen-bond donors (Lipinski definition) is 1. The summed E-state index contributed by atoms with van der Waals surface area (Å²) in [6.07, 6.45) is 3.51. The first-order valence-electron chi connectivity index (χ1n) is 8.67. The fourth-order valence-corrected chi connectivity index (χ4v) is 2.93. The number of methoxy groups -OCH3 is 2. The summed E-state index contributed by atoms with van der Waals surface area (Å²) >= 11 is 0. The highest BCUT2D eigenvalue weighted by atomic mass is 16.5. The third-order valence-corrected chi connectivity index (χ3v) is 4.24. The molecule has 1 unspecified atom stereocenters. The van der Waals surface area contributed by atoms with Crippen molar-refractivity contribution in [2.24, 2.45) is 0 Å². The Balaban J connectivity index is 1.75. The zero-order valence-corrected chi connectivity index (χ0v) is 15.2. The molecule has 0 radical (unpaired) electrons. The van der Waals surface area contributed by atoms with E-state index in [0.717, 1.165) is 23.8 Å². The minimum atomic E-state index is -0.0159. The average molecular weight is 359 g/mol. The van der Waals surface area contributed by atoms with Crippen LogP contribution in [0.3, 0.4) is 0 Å². The second-order valence-electron chi connectivity index (χ2n) is 5.95. The van der Waals surface area contributed by atoms with Gasteiger partial charge in [0.05, 0.1) is 33.0 Å². The number of morpholine rings is 1. The molecule has 26 heavy (non-hydrogen) atoms. The molecule has 0 amide bonds. The van der Waals surface area contributed by atoms with Crippen LogP contribution in [0.5, 0.6) is 5.88 Å². The molecule has 2 aromatic rings. The van der Waals surface area contributed by atoms with Crippen molar-refractivity contribution >= 4 is 5.82 Å². The van der Waals surface area contributed by atoms with E-state index >= 15 is 0 Å². The van der Waals surface area contributed by atoms with Gasteiger partial charge in [-0.2, -0.15) is 0 Å². The molecule has 1 fully saturated rings. The zero-order chi connectivity index (χ0) is 18.2. The molecule has 3 heterocycles. The minimum Gasteiger partial charge on any atom is -0.481 e. The molecule has 1 N–H and O–H groups in total. The monoisotopic (exact) mass is 359 g/mol. The number of ether oxygens (including phenoxy) is 3. The van der Waals surface area contributed by atoms with Crippen LogP contribution in [0, 0.1) is 0 Å². The largest absolute Gasteiger partial charge is 0.481 e. The maximum absolute atomic E-state index is 5.69. The highest BCUT2D eigenvalue weighted by molar-refractivity contribution is 5.33. The molecule has 0 bridgehead atoms. The lowest BCUT2D eigenvalue weighted by Gasteiger charge is -2.34. The molecule has 1 aliphatic heterocycles. The van der Waals surface area contributed by atoms with E-state index in [0.29, 0.717) is 38.8 Å². The maximum atomic E-state index is 5.69. The van der Waals surface area contributed by atoms with Gasteiger partial charge in [0.1, 0.15) is 11.6 Å². The molecule has 8 heteroatoms. The molecule has 8 nitrogen and oxygen atoms in total. The number of anilines is 1. The second kappa shape index (κ2) is 9.42. The topological polar surface area (TPSA) is 81.6 Å². The van der Waals surface area contributed by atoms with Crippen LogP contribution in [0.15, 0.2) is 30.6 Å². The van der Waals surface area contributed by atoms with E-state index in [2.05, 4.69) is 25.2 Å². The van der Waals surface area contributed by atoms with Crippen LogP contribution in [0.2, 0.25) is 0 Å². The molecule has 140 valence electrons. The number of aromatic nitrogens is 3. The number of pyridine rings is 1. The van der Waals surface area contributed by atoms with Crippen molar-refractivity contribution in [3.8, 4) is 5.88 Å².